The SMILES string of the molecule is C=c1[nH]c(=O)/c(=C/c2ccc(Cl)cc2OCC(=O)O)s1. The molecule has 7 heteroatoms. The Morgan fingerprint density at radius 3 is 2.90 bits per heavy atom. The summed E-state index contributed by atoms with van der Waals surface area (Å²) in [6, 6.07) is 4.79. The van der Waals surface area contributed by atoms with Gasteiger partial charge in [0, 0.05) is 10.6 Å². The molecule has 0 aliphatic heterocycles. The highest BCUT2D eigenvalue weighted by atomic mass is 35.5. The van der Waals surface area contributed by atoms with Gasteiger partial charge >= 0.3 is 5.97 Å². The number of halogens is 1. The fourth-order valence-electron chi connectivity index (χ4n) is 1.52. The summed E-state index contributed by atoms with van der Waals surface area (Å²) in [6.07, 6.45) is 1.60. The molecule has 0 aliphatic carbocycles. The van der Waals surface area contributed by atoms with Gasteiger partial charge < -0.3 is 14.8 Å². The normalized spacial score (nSPS) is 11.6. The van der Waals surface area contributed by atoms with Crippen LogP contribution in [0.15, 0.2) is 23.0 Å². The Kier molecular flexibility index (Phi) is 4.26. The molecule has 1 aromatic carbocycles. The Bertz CT molecular complexity index is 809. The van der Waals surface area contributed by atoms with Crippen LogP contribution in [-0.4, -0.2) is 22.7 Å². The molecule has 0 fully saturated rings. The molecule has 20 heavy (non-hydrogen) atoms. The monoisotopic (exact) mass is 311 g/mol. The summed E-state index contributed by atoms with van der Waals surface area (Å²) in [5.41, 5.74) is 0.321. The highest BCUT2D eigenvalue weighted by molar-refractivity contribution is 7.07. The molecule has 1 heterocycles. The highest BCUT2D eigenvalue weighted by Gasteiger charge is 2.06. The van der Waals surface area contributed by atoms with Crippen molar-refractivity contribution in [3.05, 3.63) is 48.3 Å². The number of rotatable bonds is 4. The van der Waals surface area contributed by atoms with Crippen LogP contribution in [0.4, 0.5) is 0 Å². The summed E-state index contributed by atoms with van der Waals surface area (Å²) in [6.45, 7) is 3.17. The third-order valence-electron chi connectivity index (χ3n) is 2.32. The number of aliphatic carboxylic acids is 1. The third kappa shape index (κ3) is 3.49. The van der Waals surface area contributed by atoms with Crippen LogP contribution in [-0.2, 0) is 4.79 Å². The van der Waals surface area contributed by atoms with Gasteiger partial charge in [-0.1, -0.05) is 18.2 Å². The van der Waals surface area contributed by atoms with Gasteiger partial charge in [0.1, 0.15) is 5.75 Å². The van der Waals surface area contributed by atoms with Crippen LogP contribution in [0.3, 0.4) is 0 Å². The molecule has 2 N–H and O–H groups in total. The minimum Gasteiger partial charge on any atom is -0.481 e. The Balaban J connectivity index is 2.48. The van der Waals surface area contributed by atoms with E-state index < -0.39 is 12.6 Å². The largest absolute Gasteiger partial charge is 0.481 e. The quantitative estimate of drug-likeness (QED) is 0.875. The number of thiazole rings is 1. The standard InChI is InChI=1S/C13H10ClNO4S/c1-7-15-13(18)11(20-7)4-8-2-3-9(14)5-10(8)19-6-12(16)17/h2-5H,1,6H2,(H,15,18)(H,16,17)/b11-4-. The Morgan fingerprint density at radius 1 is 1.55 bits per heavy atom. The number of nitrogens with one attached hydrogen (secondary N) is 1. The molecular weight excluding hydrogens is 302 g/mol. The van der Waals surface area contributed by atoms with Crippen molar-refractivity contribution in [1.82, 2.24) is 4.98 Å². The third-order valence-corrected chi connectivity index (χ3v) is 3.43. The average molecular weight is 312 g/mol. The number of hydrogen-bond donors (Lipinski definition) is 2. The molecule has 0 saturated heterocycles. The lowest BCUT2D eigenvalue weighted by atomic mass is 10.2. The van der Waals surface area contributed by atoms with Gasteiger partial charge in [0.25, 0.3) is 5.56 Å². The van der Waals surface area contributed by atoms with E-state index in [-0.39, 0.29) is 5.56 Å². The van der Waals surface area contributed by atoms with Crippen molar-refractivity contribution in [3.63, 3.8) is 0 Å². The summed E-state index contributed by atoms with van der Waals surface area (Å²) < 4.78 is 6.16. The van der Waals surface area contributed by atoms with E-state index in [4.69, 9.17) is 21.4 Å². The number of carboxylic acids is 1. The van der Waals surface area contributed by atoms with Crippen LogP contribution >= 0.6 is 22.9 Å². The maximum Gasteiger partial charge on any atom is 0.341 e. The predicted molar refractivity (Wildman–Crippen MR) is 77.9 cm³/mol. The van der Waals surface area contributed by atoms with Crippen LogP contribution < -0.4 is 19.5 Å². The van der Waals surface area contributed by atoms with Crippen molar-refractivity contribution in [2.45, 2.75) is 0 Å². The molecule has 0 aliphatic rings. The molecular formula is C13H10ClNO4S. The lowest BCUT2D eigenvalue weighted by Gasteiger charge is -2.07. The van der Waals surface area contributed by atoms with Gasteiger partial charge in [0.15, 0.2) is 6.61 Å². The zero-order valence-electron chi connectivity index (χ0n) is 10.2. The second-order valence-corrected chi connectivity index (χ2v) is 5.43. The fourth-order valence-corrected chi connectivity index (χ4v) is 2.42. The van der Waals surface area contributed by atoms with Crippen LogP contribution in [0.2, 0.25) is 5.02 Å². The maximum atomic E-state index is 11.6. The van der Waals surface area contributed by atoms with Gasteiger partial charge in [0.2, 0.25) is 0 Å². The lowest BCUT2D eigenvalue weighted by molar-refractivity contribution is -0.139. The number of aromatic amines is 1. The minimum absolute atomic E-state index is 0.251. The van der Waals surface area contributed by atoms with Crippen LogP contribution in [0.25, 0.3) is 12.7 Å². The number of aromatic nitrogens is 1. The van der Waals surface area contributed by atoms with Gasteiger partial charge in [-0.05, 0) is 24.3 Å². The van der Waals surface area contributed by atoms with Crippen LogP contribution in [0, 0.1) is 0 Å². The molecule has 2 aromatic rings. The van der Waals surface area contributed by atoms with E-state index in [2.05, 4.69) is 11.6 Å². The van der Waals surface area contributed by atoms with Gasteiger partial charge in [0.05, 0.1) is 9.20 Å². The fraction of sp³-hybridized carbons (Fsp3) is 0.0769. The number of H-pyrrole nitrogens is 1. The first kappa shape index (κ1) is 14.4. The van der Waals surface area contributed by atoms with Gasteiger partial charge in [-0.25, -0.2) is 4.79 Å². The molecule has 2 rings (SSSR count). The second kappa shape index (κ2) is 5.94. The van der Waals surface area contributed by atoms with Gasteiger partial charge in [-0.2, -0.15) is 0 Å². The van der Waals surface area contributed by atoms with E-state index >= 15 is 0 Å². The number of hydrogen-bond acceptors (Lipinski definition) is 4. The van der Waals surface area contributed by atoms with Gasteiger partial charge in [-0.3, -0.25) is 4.79 Å². The first-order valence-corrected chi connectivity index (χ1v) is 6.69. The predicted octanol–water partition coefficient (Wildman–Crippen LogP) is 0.792. The van der Waals surface area contributed by atoms with Crippen molar-refractivity contribution < 1.29 is 14.6 Å². The number of carbonyl (C=O) groups is 1. The van der Waals surface area contributed by atoms with Crippen molar-refractivity contribution in [3.8, 4) is 5.75 Å². The van der Waals surface area contributed by atoms with E-state index in [1.807, 2.05) is 0 Å². The summed E-state index contributed by atoms with van der Waals surface area (Å²) in [4.78, 5) is 24.7. The topological polar surface area (TPSA) is 79.4 Å². The first-order chi connectivity index (χ1) is 9.45. The molecule has 104 valence electrons. The first-order valence-electron chi connectivity index (χ1n) is 5.49. The summed E-state index contributed by atoms with van der Waals surface area (Å²) in [7, 11) is 0. The van der Waals surface area contributed by atoms with Crippen LogP contribution in [0.5, 0.6) is 5.75 Å². The Hall–Kier alpha value is -2.05. The molecule has 0 radical (unpaired) electrons. The summed E-state index contributed by atoms with van der Waals surface area (Å²) >= 11 is 7.06. The second-order valence-electron chi connectivity index (χ2n) is 3.85. The van der Waals surface area contributed by atoms with Crippen LogP contribution in [0.1, 0.15) is 5.56 Å². The van der Waals surface area contributed by atoms with E-state index in [1.54, 1.807) is 18.2 Å². The zero-order chi connectivity index (χ0) is 14.7. The van der Waals surface area contributed by atoms with Gasteiger partial charge in [-0.15, -0.1) is 11.3 Å². The summed E-state index contributed by atoms with van der Waals surface area (Å²) in [5.74, 6) is -0.789. The Labute approximate surface area is 122 Å². The minimum atomic E-state index is -1.09. The van der Waals surface area contributed by atoms with E-state index in [0.29, 0.717) is 25.5 Å². The highest BCUT2D eigenvalue weighted by Crippen LogP contribution is 2.24. The lowest BCUT2D eigenvalue weighted by Crippen LogP contribution is -2.19. The van der Waals surface area contributed by atoms with Crippen molar-refractivity contribution in [1.29, 1.82) is 0 Å². The zero-order valence-corrected chi connectivity index (χ0v) is 11.8. The van der Waals surface area contributed by atoms with E-state index in [1.165, 1.54) is 17.4 Å². The maximum absolute atomic E-state index is 11.6. The summed E-state index contributed by atoms with van der Waals surface area (Å²) in [5, 5.41) is 9.06. The molecule has 5 nitrogen and oxygen atoms in total. The van der Waals surface area contributed by atoms with E-state index in [9.17, 15) is 9.59 Å². The Morgan fingerprint density at radius 2 is 2.30 bits per heavy atom. The molecule has 1 aromatic heterocycles. The molecule has 0 atom stereocenters. The van der Waals surface area contributed by atoms with Crippen molar-refractivity contribution >= 4 is 41.6 Å². The number of carboxylic acid groups (broad SMARTS) is 1. The molecule has 0 saturated carbocycles. The molecule has 0 amide bonds. The van der Waals surface area contributed by atoms with E-state index in [0.717, 1.165) is 0 Å². The average Bonchev–Trinajstić information content (AvgIpc) is 2.68. The van der Waals surface area contributed by atoms with Crippen molar-refractivity contribution in [2.24, 2.45) is 0 Å². The molecule has 0 bridgehead atoms. The number of ether oxygens (including phenoxy) is 1. The smallest absolute Gasteiger partial charge is 0.341 e. The molecule has 0 spiro atoms. The number of benzene rings is 1. The molecule has 0 unspecified atom stereocenters. The van der Waals surface area contributed by atoms with Crippen molar-refractivity contribution in [2.75, 3.05) is 6.61 Å².